The van der Waals surface area contributed by atoms with Crippen LogP contribution in [0.5, 0.6) is 0 Å². The second-order valence-corrected chi connectivity index (χ2v) is 8.60. The molecule has 2 atom stereocenters. The molecule has 5 N–H and O–H groups in total. The molecule has 2 aliphatic carbocycles. The van der Waals surface area contributed by atoms with Gasteiger partial charge in [0.15, 0.2) is 0 Å². The summed E-state index contributed by atoms with van der Waals surface area (Å²) < 4.78 is 28.1. The number of rotatable bonds is 8. The van der Waals surface area contributed by atoms with E-state index in [0.29, 0.717) is 30.5 Å². The molecule has 1 unspecified atom stereocenters. The monoisotopic (exact) mass is 464 g/mol. The summed E-state index contributed by atoms with van der Waals surface area (Å²) in [5.41, 5.74) is 6.01. The molecule has 1 saturated carbocycles. The van der Waals surface area contributed by atoms with Crippen LogP contribution in [0.2, 0.25) is 0 Å². The van der Waals surface area contributed by atoms with E-state index < -0.39 is 29.5 Å². The van der Waals surface area contributed by atoms with Crippen molar-refractivity contribution in [2.75, 3.05) is 0 Å². The highest BCUT2D eigenvalue weighted by molar-refractivity contribution is 6.12. The van der Waals surface area contributed by atoms with Crippen molar-refractivity contribution in [3.8, 4) is 0 Å². The van der Waals surface area contributed by atoms with Crippen LogP contribution in [0, 0.1) is 11.2 Å². The molecule has 8 heteroatoms. The van der Waals surface area contributed by atoms with E-state index in [1.807, 2.05) is 12.1 Å². The van der Waals surface area contributed by atoms with Crippen LogP contribution in [0.1, 0.15) is 40.9 Å². The zero-order valence-corrected chi connectivity index (χ0v) is 18.5. The minimum absolute atomic E-state index is 0.00573. The number of halogens is 2. The lowest BCUT2D eigenvalue weighted by Crippen LogP contribution is -2.46. The molecule has 1 aromatic carbocycles. The van der Waals surface area contributed by atoms with Crippen LogP contribution in [0.4, 0.5) is 8.78 Å². The molecule has 4 rings (SSSR count). The Labute approximate surface area is 196 Å². The molecular formula is C26H26F2N4O2. The van der Waals surface area contributed by atoms with Gasteiger partial charge in [-0.25, -0.2) is 8.78 Å². The molecular weight excluding hydrogens is 438 g/mol. The first-order valence-electron chi connectivity index (χ1n) is 11.1. The van der Waals surface area contributed by atoms with Gasteiger partial charge < -0.3 is 21.6 Å². The van der Waals surface area contributed by atoms with E-state index in [0.717, 1.165) is 0 Å². The smallest absolute Gasteiger partial charge is 0.252 e. The molecule has 2 aliphatic rings. The van der Waals surface area contributed by atoms with Crippen molar-refractivity contribution >= 4 is 17.3 Å². The largest absolute Gasteiger partial charge is 0.398 e. The standard InChI is InChI=1S/C26H26F2N4O2/c27-17-9-7-16(8-10-17)21(29)15-22(30)24-19(5-3-6-20(24)28)25(33)32-23(26(34)11-12-26)14-18-4-1-2-13-31-18/h1-9,13,15,17,23,29,34H,10-12,14,30H2,(H,32,33)/t17?,23-/m0/s1. The zero-order chi connectivity index (χ0) is 24.3. The van der Waals surface area contributed by atoms with E-state index in [2.05, 4.69) is 10.3 Å². The Bertz CT molecular complexity index is 1190. The quantitative estimate of drug-likeness (QED) is 0.447. The Balaban J connectivity index is 1.58. The van der Waals surface area contributed by atoms with Crippen LogP contribution in [-0.2, 0) is 6.42 Å². The predicted molar refractivity (Wildman–Crippen MR) is 126 cm³/mol. The molecule has 34 heavy (non-hydrogen) atoms. The van der Waals surface area contributed by atoms with E-state index in [9.17, 15) is 18.7 Å². The number of nitrogens with one attached hydrogen (secondary N) is 2. The van der Waals surface area contributed by atoms with E-state index in [1.165, 1.54) is 36.4 Å². The highest BCUT2D eigenvalue weighted by Gasteiger charge is 2.48. The summed E-state index contributed by atoms with van der Waals surface area (Å²) in [5.74, 6) is -1.30. The van der Waals surface area contributed by atoms with Crippen molar-refractivity contribution in [1.29, 1.82) is 5.41 Å². The molecule has 0 bridgehead atoms. The zero-order valence-electron chi connectivity index (χ0n) is 18.5. The number of hydrogen-bond acceptors (Lipinski definition) is 5. The van der Waals surface area contributed by atoms with E-state index in [1.54, 1.807) is 18.3 Å². The number of aliphatic hydroxyl groups is 1. The van der Waals surface area contributed by atoms with Gasteiger partial charge in [0.2, 0.25) is 0 Å². The Hall–Kier alpha value is -3.65. The number of alkyl halides is 1. The van der Waals surface area contributed by atoms with Gasteiger partial charge >= 0.3 is 0 Å². The number of hydrogen-bond donors (Lipinski definition) is 4. The summed E-state index contributed by atoms with van der Waals surface area (Å²) in [5, 5.41) is 21.8. The summed E-state index contributed by atoms with van der Waals surface area (Å²) >= 11 is 0. The number of carbonyl (C=O) groups is 1. The minimum atomic E-state index is -1.10. The first kappa shape index (κ1) is 23.5. The van der Waals surface area contributed by atoms with Crippen LogP contribution >= 0.6 is 0 Å². The summed E-state index contributed by atoms with van der Waals surface area (Å²) in [6, 6.07) is 8.84. The van der Waals surface area contributed by atoms with Crippen LogP contribution in [0.3, 0.4) is 0 Å². The summed E-state index contributed by atoms with van der Waals surface area (Å²) in [4.78, 5) is 17.5. The van der Waals surface area contributed by atoms with Gasteiger partial charge in [-0.3, -0.25) is 9.78 Å². The maximum Gasteiger partial charge on any atom is 0.252 e. The molecule has 1 fully saturated rings. The van der Waals surface area contributed by atoms with Crippen molar-refractivity contribution < 1.29 is 18.7 Å². The fourth-order valence-electron chi connectivity index (χ4n) is 3.93. The first-order valence-corrected chi connectivity index (χ1v) is 11.1. The van der Waals surface area contributed by atoms with Gasteiger partial charge in [-0.1, -0.05) is 24.3 Å². The average Bonchev–Trinajstić information content (AvgIpc) is 3.57. The predicted octanol–water partition coefficient (Wildman–Crippen LogP) is 3.63. The van der Waals surface area contributed by atoms with Crippen LogP contribution in [-0.4, -0.2) is 39.5 Å². The topological polar surface area (TPSA) is 112 Å². The molecule has 0 saturated heterocycles. The molecule has 1 amide bonds. The summed E-state index contributed by atoms with van der Waals surface area (Å²) in [6.07, 6.45) is 7.75. The Morgan fingerprint density at radius 1 is 1.32 bits per heavy atom. The lowest BCUT2D eigenvalue weighted by Gasteiger charge is -2.24. The maximum absolute atomic E-state index is 14.8. The third kappa shape index (κ3) is 5.28. The van der Waals surface area contributed by atoms with Gasteiger partial charge in [-0.15, -0.1) is 0 Å². The number of carbonyl (C=O) groups excluding carboxylic acids is 1. The van der Waals surface area contributed by atoms with Gasteiger partial charge in [-0.2, -0.15) is 0 Å². The van der Waals surface area contributed by atoms with Gasteiger partial charge in [0.05, 0.1) is 22.9 Å². The van der Waals surface area contributed by atoms with Crippen molar-refractivity contribution in [3.05, 3.63) is 95.1 Å². The van der Waals surface area contributed by atoms with Crippen molar-refractivity contribution in [2.24, 2.45) is 5.73 Å². The lowest BCUT2D eigenvalue weighted by atomic mass is 9.97. The third-order valence-corrected chi connectivity index (χ3v) is 6.06. The molecule has 0 aliphatic heterocycles. The average molecular weight is 465 g/mol. The fourth-order valence-corrected chi connectivity index (χ4v) is 3.93. The van der Waals surface area contributed by atoms with Crippen molar-refractivity contribution in [2.45, 2.75) is 43.5 Å². The first-order chi connectivity index (χ1) is 16.3. The highest BCUT2D eigenvalue weighted by Crippen LogP contribution is 2.39. The van der Waals surface area contributed by atoms with E-state index in [-0.39, 0.29) is 29.0 Å². The lowest BCUT2D eigenvalue weighted by molar-refractivity contribution is 0.0760. The molecule has 0 radical (unpaired) electrons. The number of allylic oxidation sites excluding steroid dienone is 5. The molecule has 176 valence electrons. The van der Waals surface area contributed by atoms with Gasteiger partial charge in [0.25, 0.3) is 5.91 Å². The van der Waals surface area contributed by atoms with Crippen LogP contribution < -0.4 is 11.1 Å². The number of nitrogens with two attached hydrogens (primary N) is 1. The second-order valence-electron chi connectivity index (χ2n) is 8.60. The van der Waals surface area contributed by atoms with Gasteiger partial charge in [0.1, 0.15) is 12.0 Å². The Morgan fingerprint density at radius 2 is 2.12 bits per heavy atom. The van der Waals surface area contributed by atoms with Crippen molar-refractivity contribution in [3.63, 3.8) is 0 Å². The van der Waals surface area contributed by atoms with Crippen molar-refractivity contribution in [1.82, 2.24) is 10.3 Å². The molecule has 2 aromatic rings. The number of aromatic nitrogens is 1. The van der Waals surface area contributed by atoms with Gasteiger partial charge in [-0.05, 0) is 54.8 Å². The molecule has 0 spiro atoms. The number of pyridine rings is 1. The van der Waals surface area contributed by atoms with E-state index >= 15 is 0 Å². The molecule has 1 aromatic heterocycles. The van der Waals surface area contributed by atoms with Gasteiger partial charge in [0, 0.05) is 36.0 Å². The Morgan fingerprint density at radius 3 is 2.76 bits per heavy atom. The second kappa shape index (κ2) is 9.69. The normalized spacial score (nSPS) is 19.8. The molecule has 6 nitrogen and oxygen atoms in total. The molecule has 1 heterocycles. The van der Waals surface area contributed by atoms with E-state index in [4.69, 9.17) is 11.1 Å². The minimum Gasteiger partial charge on any atom is -0.398 e. The highest BCUT2D eigenvalue weighted by atomic mass is 19.1. The van der Waals surface area contributed by atoms with Crippen LogP contribution in [0.25, 0.3) is 5.70 Å². The number of amides is 1. The fraction of sp³-hybridized carbons (Fsp3) is 0.269. The van der Waals surface area contributed by atoms with Crippen LogP contribution in [0.15, 0.2) is 72.5 Å². The Kier molecular flexibility index (Phi) is 6.70. The SMILES string of the molecule is N=C(C=C(N)c1c(F)cccc1C(=O)N[C@@H](Cc1ccccn1)C1(O)CC1)C1=CCC(F)C=C1. The number of nitrogens with zero attached hydrogens (tertiary/aromatic N) is 1. The summed E-state index contributed by atoms with van der Waals surface area (Å²) in [6.45, 7) is 0. The summed E-state index contributed by atoms with van der Waals surface area (Å²) in [7, 11) is 0. The number of benzene rings is 1. The maximum atomic E-state index is 14.8. The third-order valence-electron chi connectivity index (χ3n) is 6.06.